The van der Waals surface area contributed by atoms with Gasteiger partial charge in [-0.3, -0.25) is 0 Å². The maximum Gasteiger partial charge on any atom is 0.0474 e. The van der Waals surface area contributed by atoms with Crippen LogP contribution in [0.2, 0.25) is 0 Å². The highest BCUT2D eigenvalue weighted by Crippen LogP contribution is 2.37. The van der Waals surface area contributed by atoms with E-state index in [1.165, 1.54) is 45.1 Å². The highest BCUT2D eigenvalue weighted by Gasteiger charge is 2.30. The first-order valence-electron chi connectivity index (χ1n) is 6.96. The predicted octanol–water partition coefficient (Wildman–Crippen LogP) is 3.69. The molecule has 0 aromatic rings. The molecule has 0 amide bonds. The van der Waals surface area contributed by atoms with Crippen molar-refractivity contribution in [2.45, 2.75) is 44.9 Å². The zero-order valence-electron chi connectivity index (χ0n) is 11.5. The fourth-order valence-corrected chi connectivity index (χ4v) is 3.68. The molecule has 0 saturated heterocycles. The number of ether oxygens (including phenoxy) is 1. The van der Waals surface area contributed by atoms with E-state index in [-0.39, 0.29) is 0 Å². The van der Waals surface area contributed by atoms with E-state index in [1.54, 1.807) is 7.11 Å². The molecular formula is C14H28BrNO. The quantitative estimate of drug-likeness (QED) is 0.404. The normalized spacial score (nSPS) is 20.5. The fraction of sp³-hybridized carbons (Fsp3) is 1.00. The molecule has 0 aromatic carbocycles. The third-order valence-electron chi connectivity index (χ3n) is 3.94. The lowest BCUT2D eigenvalue weighted by atomic mass is 9.82. The number of alkyl halides is 1. The SMILES string of the molecule is COCCCN(C)CC1(CBr)CCCCCC1. The van der Waals surface area contributed by atoms with Crippen LogP contribution in [0.25, 0.3) is 0 Å². The third-order valence-corrected chi connectivity index (χ3v) is 5.13. The van der Waals surface area contributed by atoms with Crippen molar-refractivity contribution in [2.75, 3.05) is 39.2 Å². The van der Waals surface area contributed by atoms with Crippen LogP contribution in [0.1, 0.15) is 44.9 Å². The van der Waals surface area contributed by atoms with Gasteiger partial charge in [0.05, 0.1) is 0 Å². The van der Waals surface area contributed by atoms with Crippen LogP contribution in [0.4, 0.5) is 0 Å². The maximum absolute atomic E-state index is 5.12. The fourth-order valence-electron chi connectivity index (χ4n) is 2.94. The van der Waals surface area contributed by atoms with Gasteiger partial charge in [0.2, 0.25) is 0 Å². The minimum Gasteiger partial charge on any atom is -0.385 e. The zero-order chi connectivity index (χ0) is 12.6. The van der Waals surface area contributed by atoms with E-state index in [0.29, 0.717) is 5.41 Å². The Kier molecular flexibility index (Phi) is 7.72. The summed E-state index contributed by atoms with van der Waals surface area (Å²) in [5, 5.41) is 1.16. The number of hydrogen-bond acceptors (Lipinski definition) is 2. The van der Waals surface area contributed by atoms with Gasteiger partial charge in [0.1, 0.15) is 0 Å². The van der Waals surface area contributed by atoms with Gasteiger partial charge in [0, 0.05) is 32.1 Å². The van der Waals surface area contributed by atoms with Gasteiger partial charge >= 0.3 is 0 Å². The van der Waals surface area contributed by atoms with Crippen molar-refractivity contribution in [2.24, 2.45) is 5.41 Å². The Labute approximate surface area is 115 Å². The number of hydrogen-bond donors (Lipinski definition) is 0. The van der Waals surface area contributed by atoms with Crippen LogP contribution >= 0.6 is 15.9 Å². The molecule has 0 aliphatic heterocycles. The van der Waals surface area contributed by atoms with Crippen LogP contribution in [-0.2, 0) is 4.74 Å². The minimum atomic E-state index is 0.526. The smallest absolute Gasteiger partial charge is 0.0474 e. The van der Waals surface area contributed by atoms with Crippen molar-refractivity contribution in [3.63, 3.8) is 0 Å². The molecule has 102 valence electrons. The molecule has 0 N–H and O–H groups in total. The number of methoxy groups -OCH3 is 1. The lowest BCUT2D eigenvalue weighted by Crippen LogP contribution is -2.37. The van der Waals surface area contributed by atoms with Crippen molar-refractivity contribution >= 4 is 15.9 Å². The van der Waals surface area contributed by atoms with Gasteiger partial charge in [-0.2, -0.15) is 0 Å². The Morgan fingerprint density at radius 1 is 1.18 bits per heavy atom. The van der Waals surface area contributed by atoms with E-state index in [9.17, 15) is 0 Å². The summed E-state index contributed by atoms with van der Waals surface area (Å²) in [7, 11) is 4.04. The topological polar surface area (TPSA) is 12.5 Å². The number of halogens is 1. The van der Waals surface area contributed by atoms with Crippen molar-refractivity contribution < 1.29 is 4.74 Å². The van der Waals surface area contributed by atoms with Gasteiger partial charge in [0.25, 0.3) is 0 Å². The van der Waals surface area contributed by atoms with E-state index in [2.05, 4.69) is 27.9 Å². The van der Waals surface area contributed by atoms with Crippen LogP contribution < -0.4 is 0 Å². The molecule has 0 heterocycles. The van der Waals surface area contributed by atoms with Gasteiger partial charge in [0.15, 0.2) is 0 Å². The lowest BCUT2D eigenvalue weighted by molar-refractivity contribution is 0.147. The molecule has 0 unspecified atom stereocenters. The Morgan fingerprint density at radius 2 is 1.82 bits per heavy atom. The summed E-state index contributed by atoms with van der Waals surface area (Å²) in [6.45, 7) is 3.27. The molecule has 1 fully saturated rings. The first-order chi connectivity index (χ1) is 8.22. The van der Waals surface area contributed by atoms with E-state index in [0.717, 1.165) is 24.9 Å². The Bertz CT molecular complexity index is 191. The Morgan fingerprint density at radius 3 is 2.35 bits per heavy atom. The second-order valence-electron chi connectivity index (χ2n) is 5.63. The molecule has 2 nitrogen and oxygen atoms in total. The summed E-state index contributed by atoms with van der Waals surface area (Å²) in [5.41, 5.74) is 0.526. The van der Waals surface area contributed by atoms with Crippen LogP contribution in [-0.4, -0.2) is 44.1 Å². The first kappa shape index (κ1) is 15.5. The molecule has 1 aliphatic carbocycles. The molecule has 3 heteroatoms. The zero-order valence-corrected chi connectivity index (χ0v) is 13.1. The van der Waals surface area contributed by atoms with E-state index in [1.807, 2.05) is 0 Å². The number of rotatable bonds is 7. The number of nitrogens with zero attached hydrogens (tertiary/aromatic N) is 1. The van der Waals surface area contributed by atoms with E-state index >= 15 is 0 Å². The summed E-state index contributed by atoms with van der Waals surface area (Å²) >= 11 is 3.76. The molecule has 0 spiro atoms. The van der Waals surface area contributed by atoms with Crippen molar-refractivity contribution in [1.29, 1.82) is 0 Å². The Hall–Kier alpha value is 0.400. The molecule has 0 bridgehead atoms. The minimum absolute atomic E-state index is 0.526. The van der Waals surface area contributed by atoms with Crippen molar-refractivity contribution in [3.05, 3.63) is 0 Å². The van der Waals surface area contributed by atoms with Gasteiger partial charge in [-0.1, -0.05) is 41.6 Å². The van der Waals surface area contributed by atoms with Crippen LogP contribution in [0.15, 0.2) is 0 Å². The summed E-state index contributed by atoms with van der Waals surface area (Å²) in [4.78, 5) is 2.49. The van der Waals surface area contributed by atoms with Crippen LogP contribution in [0, 0.1) is 5.41 Å². The molecule has 0 atom stereocenters. The van der Waals surface area contributed by atoms with Gasteiger partial charge < -0.3 is 9.64 Å². The monoisotopic (exact) mass is 305 g/mol. The molecule has 1 rings (SSSR count). The van der Waals surface area contributed by atoms with E-state index in [4.69, 9.17) is 4.74 Å². The summed E-state index contributed by atoms with van der Waals surface area (Å²) in [6, 6.07) is 0. The van der Waals surface area contributed by atoms with Crippen LogP contribution in [0.3, 0.4) is 0 Å². The predicted molar refractivity (Wildman–Crippen MR) is 77.9 cm³/mol. The first-order valence-corrected chi connectivity index (χ1v) is 8.08. The standard InChI is InChI=1S/C14H28BrNO/c1-16(10-7-11-17-2)13-14(12-15)8-5-3-4-6-9-14/h3-13H2,1-2H3. The highest BCUT2D eigenvalue weighted by molar-refractivity contribution is 9.09. The molecule has 1 saturated carbocycles. The second kappa shape index (κ2) is 8.49. The van der Waals surface area contributed by atoms with Crippen LogP contribution in [0.5, 0.6) is 0 Å². The molecule has 0 radical (unpaired) electrons. The summed E-state index contributed by atoms with van der Waals surface area (Å²) < 4.78 is 5.12. The average Bonchev–Trinajstić information content (AvgIpc) is 2.56. The van der Waals surface area contributed by atoms with Crippen molar-refractivity contribution in [3.8, 4) is 0 Å². The molecular weight excluding hydrogens is 278 g/mol. The average molecular weight is 306 g/mol. The largest absolute Gasteiger partial charge is 0.385 e. The van der Waals surface area contributed by atoms with E-state index < -0.39 is 0 Å². The third kappa shape index (κ3) is 5.71. The summed E-state index contributed by atoms with van der Waals surface area (Å²) in [5.74, 6) is 0. The molecule has 1 aliphatic rings. The molecule has 17 heavy (non-hydrogen) atoms. The maximum atomic E-state index is 5.12. The highest BCUT2D eigenvalue weighted by atomic mass is 79.9. The van der Waals surface area contributed by atoms with Gasteiger partial charge in [-0.15, -0.1) is 0 Å². The van der Waals surface area contributed by atoms with Gasteiger partial charge in [-0.05, 0) is 31.7 Å². The Balaban J connectivity index is 2.37. The molecule has 0 aromatic heterocycles. The van der Waals surface area contributed by atoms with Crippen molar-refractivity contribution in [1.82, 2.24) is 4.90 Å². The van der Waals surface area contributed by atoms with Gasteiger partial charge in [-0.25, -0.2) is 0 Å². The lowest BCUT2D eigenvalue weighted by Gasteiger charge is -2.35. The summed E-state index contributed by atoms with van der Waals surface area (Å²) in [6.07, 6.45) is 9.63. The second-order valence-corrected chi connectivity index (χ2v) is 6.19.